The molecule has 3 nitrogen and oxygen atoms in total. The Kier molecular flexibility index (Phi) is 5.18. The van der Waals surface area contributed by atoms with Gasteiger partial charge in [-0.15, -0.1) is 0 Å². The Morgan fingerprint density at radius 2 is 2.00 bits per heavy atom. The molecular weight excluding hydrogens is 256 g/mol. The average Bonchev–Trinajstić information content (AvgIpc) is 3.24. The molecule has 1 atom stereocenters. The molecule has 0 bridgehead atoms. The van der Waals surface area contributed by atoms with E-state index in [4.69, 9.17) is 0 Å². The van der Waals surface area contributed by atoms with E-state index in [0.717, 1.165) is 38.8 Å². The lowest BCUT2D eigenvalue weighted by Crippen LogP contribution is -2.54. The Labute approximate surface area is 121 Å². The molecule has 1 unspecified atom stereocenters. The van der Waals surface area contributed by atoms with Gasteiger partial charge in [0, 0.05) is 23.9 Å². The van der Waals surface area contributed by atoms with Crippen molar-refractivity contribution < 1.29 is 4.79 Å². The third kappa shape index (κ3) is 3.66. The number of nitrogens with zero attached hydrogens (tertiary/aromatic N) is 1. The summed E-state index contributed by atoms with van der Waals surface area (Å²) in [5.41, 5.74) is 0. The van der Waals surface area contributed by atoms with Crippen LogP contribution in [0.2, 0.25) is 0 Å². The van der Waals surface area contributed by atoms with Gasteiger partial charge in [-0.1, -0.05) is 13.8 Å². The molecule has 110 valence electrons. The fourth-order valence-electron chi connectivity index (χ4n) is 2.96. The maximum Gasteiger partial charge on any atom is 0.239 e. The number of thioether (sulfide) groups is 1. The number of amides is 1. The van der Waals surface area contributed by atoms with Crippen LogP contribution in [-0.4, -0.2) is 47.0 Å². The zero-order valence-corrected chi connectivity index (χ0v) is 13.4. The summed E-state index contributed by atoms with van der Waals surface area (Å²) in [6, 6.07) is 0.714. The summed E-state index contributed by atoms with van der Waals surface area (Å²) in [7, 11) is 0. The van der Waals surface area contributed by atoms with E-state index in [-0.39, 0.29) is 10.8 Å². The third-order valence-corrected chi connectivity index (χ3v) is 6.32. The molecule has 2 aliphatic rings. The molecule has 0 aromatic carbocycles. The second-order valence-corrected chi connectivity index (χ2v) is 7.26. The lowest BCUT2D eigenvalue weighted by atomic mass is 9.98. The maximum absolute atomic E-state index is 12.6. The Hall–Kier alpha value is -0.220. The molecule has 0 aromatic heterocycles. The Balaban J connectivity index is 1.96. The summed E-state index contributed by atoms with van der Waals surface area (Å²) in [6.07, 6.45) is 9.13. The van der Waals surface area contributed by atoms with Crippen molar-refractivity contribution >= 4 is 17.7 Å². The first-order valence-corrected chi connectivity index (χ1v) is 8.96. The van der Waals surface area contributed by atoms with Gasteiger partial charge >= 0.3 is 0 Å². The van der Waals surface area contributed by atoms with Gasteiger partial charge in [-0.3, -0.25) is 4.79 Å². The number of hydrogen-bond acceptors (Lipinski definition) is 3. The van der Waals surface area contributed by atoms with E-state index in [9.17, 15) is 4.79 Å². The molecule has 2 rings (SSSR count). The van der Waals surface area contributed by atoms with Gasteiger partial charge < -0.3 is 10.2 Å². The highest BCUT2D eigenvalue weighted by Crippen LogP contribution is 2.32. The number of carbonyl (C=O) groups is 1. The van der Waals surface area contributed by atoms with Crippen molar-refractivity contribution in [2.24, 2.45) is 0 Å². The van der Waals surface area contributed by atoms with Crippen molar-refractivity contribution in [3.8, 4) is 0 Å². The van der Waals surface area contributed by atoms with Crippen LogP contribution in [0.3, 0.4) is 0 Å². The smallest absolute Gasteiger partial charge is 0.239 e. The molecule has 1 aliphatic carbocycles. The Morgan fingerprint density at radius 1 is 1.32 bits per heavy atom. The summed E-state index contributed by atoms with van der Waals surface area (Å²) in [6.45, 7) is 6.36. The molecule has 1 aliphatic heterocycles. The maximum atomic E-state index is 12.6. The highest BCUT2D eigenvalue weighted by molar-refractivity contribution is 8.00. The van der Waals surface area contributed by atoms with Gasteiger partial charge in [-0.05, 0) is 44.8 Å². The van der Waals surface area contributed by atoms with Crippen LogP contribution in [0.25, 0.3) is 0 Å². The van der Waals surface area contributed by atoms with Crippen molar-refractivity contribution in [3.05, 3.63) is 0 Å². The minimum atomic E-state index is 0.0921. The minimum absolute atomic E-state index is 0.0921. The van der Waals surface area contributed by atoms with Crippen LogP contribution in [-0.2, 0) is 4.79 Å². The van der Waals surface area contributed by atoms with Gasteiger partial charge in [0.05, 0.1) is 6.04 Å². The largest absolute Gasteiger partial charge is 0.340 e. The number of rotatable bonds is 7. The van der Waals surface area contributed by atoms with Crippen LogP contribution >= 0.6 is 11.8 Å². The molecule has 0 spiro atoms. The van der Waals surface area contributed by atoms with Crippen LogP contribution < -0.4 is 5.32 Å². The van der Waals surface area contributed by atoms with E-state index in [0.29, 0.717) is 11.9 Å². The van der Waals surface area contributed by atoms with Gasteiger partial charge in [-0.2, -0.15) is 11.8 Å². The molecular formula is C15H28N2OS. The second-order valence-electron chi connectivity index (χ2n) is 5.99. The van der Waals surface area contributed by atoms with Gasteiger partial charge in [0.25, 0.3) is 0 Å². The summed E-state index contributed by atoms with van der Waals surface area (Å²) in [4.78, 5) is 14.7. The van der Waals surface area contributed by atoms with Crippen molar-refractivity contribution in [3.63, 3.8) is 0 Å². The molecule has 0 radical (unpaired) electrons. The van der Waals surface area contributed by atoms with E-state index >= 15 is 0 Å². The van der Waals surface area contributed by atoms with Gasteiger partial charge in [0.15, 0.2) is 0 Å². The zero-order chi connectivity index (χ0) is 13.9. The highest BCUT2D eigenvalue weighted by Gasteiger charge is 2.36. The van der Waals surface area contributed by atoms with E-state index in [1.165, 1.54) is 12.8 Å². The first kappa shape index (κ1) is 15.2. The van der Waals surface area contributed by atoms with Crippen LogP contribution in [0.1, 0.15) is 52.4 Å². The lowest BCUT2D eigenvalue weighted by molar-refractivity contribution is -0.136. The fraction of sp³-hybridized carbons (Fsp3) is 0.933. The van der Waals surface area contributed by atoms with Gasteiger partial charge in [-0.25, -0.2) is 0 Å². The number of piperidine rings is 1. The van der Waals surface area contributed by atoms with E-state index in [1.807, 2.05) is 11.8 Å². The van der Waals surface area contributed by atoms with Crippen molar-refractivity contribution in [1.29, 1.82) is 0 Å². The monoisotopic (exact) mass is 284 g/mol. The third-order valence-electron chi connectivity index (χ3n) is 4.75. The molecule has 0 aromatic rings. The van der Waals surface area contributed by atoms with Crippen molar-refractivity contribution in [2.45, 2.75) is 69.2 Å². The first-order chi connectivity index (χ1) is 9.14. The van der Waals surface area contributed by atoms with Crippen molar-refractivity contribution in [1.82, 2.24) is 10.2 Å². The lowest BCUT2D eigenvalue weighted by Gasteiger charge is -2.40. The van der Waals surface area contributed by atoms with E-state index in [2.05, 4.69) is 30.3 Å². The summed E-state index contributed by atoms with van der Waals surface area (Å²) in [5.74, 6) is 0.346. The molecule has 19 heavy (non-hydrogen) atoms. The number of likely N-dealkylation sites (tertiary alicyclic amines) is 1. The standard InChI is InChI=1S/C15H28N2OS/c1-4-15(5-2,19-3)11-17-10-6-7-13(14(17)18)16-12-8-9-12/h12-13,16H,4-11H2,1-3H3. The molecule has 4 heteroatoms. The summed E-state index contributed by atoms with van der Waals surface area (Å²) < 4.78 is 0.247. The fourth-order valence-corrected chi connectivity index (χ4v) is 3.82. The molecule has 1 saturated heterocycles. The predicted molar refractivity (Wildman–Crippen MR) is 82.6 cm³/mol. The molecule has 1 amide bonds. The number of nitrogens with one attached hydrogen (secondary N) is 1. The SMILES string of the molecule is CCC(CC)(CN1CCCC(NC2CC2)C1=O)SC. The Bertz CT molecular complexity index is 305. The second kappa shape index (κ2) is 6.49. The molecule has 1 saturated carbocycles. The van der Waals surface area contributed by atoms with Crippen LogP contribution in [0.5, 0.6) is 0 Å². The minimum Gasteiger partial charge on any atom is -0.340 e. The number of carbonyl (C=O) groups excluding carboxylic acids is 1. The normalized spacial score (nSPS) is 24.9. The topological polar surface area (TPSA) is 32.3 Å². The number of hydrogen-bond donors (Lipinski definition) is 1. The average molecular weight is 284 g/mol. The zero-order valence-electron chi connectivity index (χ0n) is 12.6. The quantitative estimate of drug-likeness (QED) is 0.780. The summed E-state index contributed by atoms with van der Waals surface area (Å²) in [5, 5.41) is 3.51. The molecule has 2 fully saturated rings. The molecule has 1 heterocycles. The summed E-state index contributed by atoms with van der Waals surface area (Å²) >= 11 is 1.93. The van der Waals surface area contributed by atoms with E-state index < -0.39 is 0 Å². The predicted octanol–water partition coefficient (Wildman–Crippen LogP) is 2.65. The van der Waals surface area contributed by atoms with Gasteiger partial charge in [0.1, 0.15) is 0 Å². The van der Waals surface area contributed by atoms with E-state index in [1.54, 1.807) is 0 Å². The van der Waals surface area contributed by atoms with Crippen molar-refractivity contribution in [2.75, 3.05) is 19.3 Å². The van der Waals surface area contributed by atoms with Crippen LogP contribution in [0.15, 0.2) is 0 Å². The molecule has 1 N–H and O–H groups in total. The first-order valence-electron chi connectivity index (χ1n) is 7.74. The highest BCUT2D eigenvalue weighted by atomic mass is 32.2. The Morgan fingerprint density at radius 3 is 2.53 bits per heavy atom. The van der Waals surface area contributed by atoms with Gasteiger partial charge in [0.2, 0.25) is 5.91 Å². The van der Waals surface area contributed by atoms with Crippen LogP contribution in [0.4, 0.5) is 0 Å². The van der Waals surface area contributed by atoms with Crippen LogP contribution in [0, 0.1) is 0 Å².